The van der Waals surface area contributed by atoms with Gasteiger partial charge in [-0.05, 0) is 48.0 Å². The van der Waals surface area contributed by atoms with E-state index < -0.39 is 5.97 Å². The molecule has 0 bridgehead atoms. The van der Waals surface area contributed by atoms with Gasteiger partial charge in [0.05, 0.1) is 18.2 Å². The molecule has 138 valence electrons. The van der Waals surface area contributed by atoms with Gasteiger partial charge in [-0.25, -0.2) is 4.79 Å². The third-order valence-corrected chi connectivity index (χ3v) is 4.25. The van der Waals surface area contributed by atoms with E-state index in [4.69, 9.17) is 14.2 Å². The number of hydrogen-bond acceptors (Lipinski definition) is 5. The van der Waals surface area contributed by atoms with E-state index in [-0.39, 0.29) is 11.5 Å². The standard InChI is InChI=1S/C23H16O5/c1-26-17-9-5-6-15(12-17)13-21-22(24)19-11-10-18(14-20(19)28-21)27-23(25)16-7-3-2-4-8-16/h2-14H,1H3/b21-13-. The summed E-state index contributed by atoms with van der Waals surface area (Å²) in [5, 5.41) is 0. The van der Waals surface area contributed by atoms with Crippen LogP contribution in [0.25, 0.3) is 6.08 Å². The molecule has 0 radical (unpaired) electrons. The number of fused-ring (bicyclic) bond motifs is 1. The van der Waals surface area contributed by atoms with Crippen LogP contribution in [-0.4, -0.2) is 18.9 Å². The third kappa shape index (κ3) is 3.50. The normalized spacial score (nSPS) is 13.8. The van der Waals surface area contributed by atoms with Gasteiger partial charge in [0.25, 0.3) is 0 Å². The Morgan fingerprint density at radius 1 is 0.929 bits per heavy atom. The summed E-state index contributed by atoms with van der Waals surface area (Å²) in [6, 6.07) is 20.7. The number of hydrogen-bond donors (Lipinski definition) is 0. The topological polar surface area (TPSA) is 61.8 Å². The summed E-state index contributed by atoms with van der Waals surface area (Å²) in [6.45, 7) is 0. The molecule has 5 nitrogen and oxygen atoms in total. The average Bonchev–Trinajstić information content (AvgIpc) is 3.03. The Morgan fingerprint density at radius 3 is 2.54 bits per heavy atom. The molecule has 0 amide bonds. The van der Waals surface area contributed by atoms with E-state index in [0.29, 0.717) is 28.4 Å². The summed E-state index contributed by atoms with van der Waals surface area (Å²) < 4.78 is 16.3. The average molecular weight is 372 g/mol. The SMILES string of the molecule is COc1cccc(/C=C2\Oc3cc(OC(=O)c4ccccc4)ccc3C2=O)c1. The molecule has 0 saturated heterocycles. The number of esters is 1. The van der Waals surface area contributed by atoms with E-state index in [1.165, 1.54) is 0 Å². The Labute approximate surface area is 161 Å². The molecule has 0 atom stereocenters. The van der Waals surface area contributed by atoms with Crippen LogP contribution < -0.4 is 14.2 Å². The molecule has 0 N–H and O–H groups in total. The zero-order chi connectivity index (χ0) is 19.5. The van der Waals surface area contributed by atoms with Crippen LogP contribution in [-0.2, 0) is 0 Å². The van der Waals surface area contributed by atoms with Gasteiger partial charge in [-0.1, -0.05) is 30.3 Å². The van der Waals surface area contributed by atoms with Crippen molar-refractivity contribution in [1.29, 1.82) is 0 Å². The lowest BCUT2D eigenvalue weighted by molar-refractivity contribution is 0.0734. The molecule has 28 heavy (non-hydrogen) atoms. The summed E-state index contributed by atoms with van der Waals surface area (Å²) in [5.41, 5.74) is 1.65. The first-order valence-corrected chi connectivity index (χ1v) is 8.63. The predicted octanol–water partition coefficient (Wildman–Crippen LogP) is 4.53. The van der Waals surface area contributed by atoms with E-state index in [9.17, 15) is 9.59 Å². The van der Waals surface area contributed by atoms with Crippen molar-refractivity contribution in [2.45, 2.75) is 0 Å². The number of Topliss-reactive ketones (excluding diaryl/α,β-unsaturated/α-hetero) is 1. The molecule has 3 aromatic carbocycles. The minimum Gasteiger partial charge on any atom is -0.497 e. The first-order valence-electron chi connectivity index (χ1n) is 8.63. The molecule has 0 fully saturated rings. The fraction of sp³-hybridized carbons (Fsp3) is 0.0435. The van der Waals surface area contributed by atoms with Crippen LogP contribution in [0.2, 0.25) is 0 Å². The smallest absolute Gasteiger partial charge is 0.343 e. The van der Waals surface area contributed by atoms with Crippen LogP contribution in [0.5, 0.6) is 17.2 Å². The highest BCUT2D eigenvalue weighted by Crippen LogP contribution is 2.35. The maximum atomic E-state index is 12.6. The monoisotopic (exact) mass is 372 g/mol. The van der Waals surface area contributed by atoms with Crippen molar-refractivity contribution in [3.8, 4) is 17.2 Å². The van der Waals surface area contributed by atoms with Gasteiger partial charge in [-0.3, -0.25) is 4.79 Å². The Balaban J connectivity index is 1.56. The fourth-order valence-corrected chi connectivity index (χ4v) is 2.85. The highest BCUT2D eigenvalue weighted by Gasteiger charge is 2.28. The van der Waals surface area contributed by atoms with Crippen LogP contribution in [0, 0.1) is 0 Å². The van der Waals surface area contributed by atoms with Crippen molar-refractivity contribution in [2.75, 3.05) is 7.11 Å². The quantitative estimate of drug-likeness (QED) is 0.382. The maximum Gasteiger partial charge on any atom is 0.343 e. The molecule has 0 unspecified atom stereocenters. The van der Waals surface area contributed by atoms with Crippen molar-refractivity contribution >= 4 is 17.8 Å². The van der Waals surface area contributed by atoms with E-state index in [1.54, 1.807) is 61.7 Å². The minimum atomic E-state index is -0.475. The molecule has 0 saturated carbocycles. The van der Waals surface area contributed by atoms with E-state index >= 15 is 0 Å². The summed E-state index contributed by atoms with van der Waals surface area (Å²) in [6.07, 6.45) is 1.65. The van der Waals surface area contributed by atoms with E-state index in [1.807, 2.05) is 24.3 Å². The first-order chi connectivity index (χ1) is 13.6. The van der Waals surface area contributed by atoms with Crippen molar-refractivity contribution in [3.05, 3.63) is 95.2 Å². The van der Waals surface area contributed by atoms with E-state index in [0.717, 1.165) is 5.56 Å². The number of rotatable bonds is 4. The summed E-state index contributed by atoms with van der Waals surface area (Å²) in [4.78, 5) is 24.8. The van der Waals surface area contributed by atoms with Gasteiger partial charge >= 0.3 is 5.97 Å². The largest absolute Gasteiger partial charge is 0.497 e. The molecule has 1 aliphatic heterocycles. The number of ketones is 1. The Morgan fingerprint density at radius 2 is 1.75 bits per heavy atom. The van der Waals surface area contributed by atoms with Crippen molar-refractivity contribution in [1.82, 2.24) is 0 Å². The van der Waals surface area contributed by atoms with Gasteiger partial charge in [-0.2, -0.15) is 0 Å². The van der Waals surface area contributed by atoms with Crippen LogP contribution in [0.4, 0.5) is 0 Å². The van der Waals surface area contributed by atoms with Gasteiger partial charge in [-0.15, -0.1) is 0 Å². The molecule has 0 spiro atoms. The highest BCUT2D eigenvalue weighted by atomic mass is 16.5. The van der Waals surface area contributed by atoms with Crippen LogP contribution >= 0.6 is 0 Å². The summed E-state index contributed by atoms with van der Waals surface area (Å²) >= 11 is 0. The van der Waals surface area contributed by atoms with Crippen LogP contribution in [0.15, 0.2) is 78.6 Å². The van der Waals surface area contributed by atoms with Crippen molar-refractivity contribution in [3.63, 3.8) is 0 Å². The number of carbonyl (C=O) groups excluding carboxylic acids is 2. The van der Waals surface area contributed by atoms with Crippen LogP contribution in [0.3, 0.4) is 0 Å². The number of methoxy groups -OCH3 is 1. The zero-order valence-electron chi connectivity index (χ0n) is 15.0. The van der Waals surface area contributed by atoms with Gasteiger partial charge in [0.15, 0.2) is 5.76 Å². The number of allylic oxidation sites excluding steroid dienone is 1. The minimum absolute atomic E-state index is 0.204. The molecule has 1 aliphatic rings. The lowest BCUT2D eigenvalue weighted by Crippen LogP contribution is -2.08. The Bertz CT molecular complexity index is 1080. The third-order valence-electron chi connectivity index (χ3n) is 4.25. The second-order valence-corrected chi connectivity index (χ2v) is 6.13. The van der Waals surface area contributed by atoms with Crippen LogP contribution in [0.1, 0.15) is 26.3 Å². The molecule has 0 aromatic heterocycles. The fourth-order valence-electron chi connectivity index (χ4n) is 2.85. The Hall–Kier alpha value is -3.86. The van der Waals surface area contributed by atoms with Crippen molar-refractivity contribution in [2.24, 2.45) is 0 Å². The molecule has 5 heteroatoms. The van der Waals surface area contributed by atoms with E-state index in [2.05, 4.69) is 0 Å². The highest BCUT2D eigenvalue weighted by molar-refractivity contribution is 6.14. The lowest BCUT2D eigenvalue weighted by atomic mass is 10.1. The van der Waals surface area contributed by atoms with Gasteiger partial charge < -0.3 is 14.2 Å². The lowest BCUT2D eigenvalue weighted by Gasteiger charge is -2.05. The second kappa shape index (κ2) is 7.40. The Kier molecular flexibility index (Phi) is 4.64. The maximum absolute atomic E-state index is 12.6. The molecule has 0 aliphatic carbocycles. The molecular formula is C23H16O5. The number of ether oxygens (including phenoxy) is 3. The zero-order valence-corrected chi connectivity index (χ0v) is 15.0. The van der Waals surface area contributed by atoms with Gasteiger partial charge in [0.2, 0.25) is 5.78 Å². The summed E-state index contributed by atoms with van der Waals surface area (Å²) in [5.74, 6) is 0.860. The molecule has 3 aromatic rings. The van der Waals surface area contributed by atoms with Crippen molar-refractivity contribution < 1.29 is 23.8 Å². The predicted molar refractivity (Wildman–Crippen MR) is 104 cm³/mol. The number of benzene rings is 3. The molecule has 4 rings (SSSR count). The summed E-state index contributed by atoms with van der Waals surface area (Å²) in [7, 11) is 1.58. The molecule has 1 heterocycles. The molecular weight excluding hydrogens is 356 g/mol. The van der Waals surface area contributed by atoms with Gasteiger partial charge in [0, 0.05) is 6.07 Å². The second-order valence-electron chi connectivity index (χ2n) is 6.13. The number of carbonyl (C=O) groups is 2. The van der Waals surface area contributed by atoms with Gasteiger partial charge in [0.1, 0.15) is 17.2 Å². The first kappa shape index (κ1) is 17.5.